The zero-order chi connectivity index (χ0) is 22.4. The first-order valence-corrected chi connectivity index (χ1v) is 10.9. The number of pyridine rings is 2. The number of hydrogen-bond donors (Lipinski definition) is 1. The molecule has 0 amide bonds. The lowest BCUT2D eigenvalue weighted by molar-refractivity contribution is -0.0172. The van der Waals surface area contributed by atoms with Crippen molar-refractivity contribution in [2.24, 2.45) is 0 Å². The Balaban J connectivity index is 1.62. The maximum atomic E-state index is 13.4. The quantitative estimate of drug-likeness (QED) is 0.517. The van der Waals surface area contributed by atoms with Gasteiger partial charge in [-0.25, -0.2) is 4.98 Å². The van der Waals surface area contributed by atoms with E-state index in [1.165, 1.54) is 0 Å². The molecule has 7 heteroatoms. The SMILES string of the molecule is C=C1OCc2c(cc3n(c2=O)Cc2cc4c(C(C)C)c5c(cc4nc2-3)OCO5)[C@@]1(O)CC. The summed E-state index contributed by atoms with van der Waals surface area (Å²) in [4.78, 5) is 18.4. The van der Waals surface area contributed by atoms with E-state index in [-0.39, 0.29) is 30.6 Å². The van der Waals surface area contributed by atoms with Gasteiger partial charge in [-0.1, -0.05) is 27.4 Å². The van der Waals surface area contributed by atoms with E-state index < -0.39 is 5.60 Å². The van der Waals surface area contributed by atoms with E-state index in [1.54, 1.807) is 4.57 Å². The summed E-state index contributed by atoms with van der Waals surface area (Å²) >= 11 is 0. The lowest BCUT2D eigenvalue weighted by Crippen LogP contribution is -2.38. The van der Waals surface area contributed by atoms with Gasteiger partial charge >= 0.3 is 0 Å². The van der Waals surface area contributed by atoms with Gasteiger partial charge in [-0.3, -0.25) is 4.79 Å². The van der Waals surface area contributed by atoms with Crippen molar-refractivity contribution < 1.29 is 19.3 Å². The third-order valence-electron chi connectivity index (χ3n) is 6.93. The Morgan fingerprint density at radius 2 is 2.06 bits per heavy atom. The van der Waals surface area contributed by atoms with Crippen LogP contribution >= 0.6 is 0 Å². The molecule has 2 aromatic heterocycles. The highest BCUT2D eigenvalue weighted by atomic mass is 16.7. The number of ether oxygens (including phenoxy) is 3. The standard InChI is InChI=1S/C25H24N2O5/c1-5-25(29)13(4)30-10-16-17(25)7-19-22-14(9-27(19)24(16)28)6-15-18(26-22)8-20-23(32-11-31-20)21(15)12(2)3/h6-8,12,29H,4-5,9-11H2,1-3H3/t25-/m1/s1. The molecular formula is C25H24N2O5. The van der Waals surface area contributed by atoms with E-state index in [0.29, 0.717) is 35.5 Å². The summed E-state index contributed by atoms with van der Waals surface area (Å²) in [5, 5.41) is 12.3. The van der Waals surface area contributed by atoms with E-state index in [1.807, 2.05) is 19.1 Å². The molecule has 1 N–H and O–H groups in total. The summed E-state index contributed by atoms with van der Waals surface area (Å²) in [6.45, 7) is 10.7. The van der Waals surface area contributed by atoms with E-state index in [0.717, 1.165) is 33.5 Å². The molecule has 0 unspecified atom stereocenters. The third kappa shape index (κ3) is 2.34. The predicted octanol–water partition coefficient (Wildman–Crippen LogP) is 3.92. The van der Waals surface area contributed by atoms with Gasteiger partial charge in [0.05, 0.1) is 29.0 Å². The second-order valence-corrected chi connectivity index (χ2v) is 8.98. The van der Waals surface area contributed by atoms with Gasteiger partial charge in [0.25, 0.3) is 5.56 Å². The van der Waals surface area contributed by atoms with Crippen molar-refractivity contribution in [2.45, 2.75) is 51.9 Å². The minimum Gasteiger partial charge on any atom is -0.490 e. The number of nitrogens with zero attached hydrogens (tertiary/aromatic N) is 2. The molecule has 0 aliphatic carbocycles. The molecule has 1 atom stereocenters. The number of rotatable bonds is 2. The minimum absolute atomic E-state index is 0.111. The maximum absolute atomic E-state index is 13.4. The van der Waals surface area contributed by atoms with Crippen molar-refractivity contribution in [1.29, 1.82) is 0 Å². The first-order chi connectivity index (χ1) is 15.3. The highest BCUT2D eigenvalue weighted by Gasteiger charge is 2.41. The molecule has 0 bridgehead atoms. The van der Waals surface area contributed by atoms with E-state index in [2.05, 4.69) is 26.5 Å². The molecule has 32 heavy (non-hydrogen) atoms. The normalized spacial score (nSPS) is 20.3. The van der Waals surface area contributed by atoms with Crippen LogP contribution in [0, 0.1) is 0 Å². The third-order valence-corrected chi connectivity index (χ3v) is 6.93. The van der Waals surface area contributed by atoms with Gasteiger partial charge in [0.2, 0.25) is 6.79 Å². The van der Waals surface area contributed by atoms with Gasteiger partial charge in [0, 0.05) is 28.1 Å². The zero-order valence-corrected chi connectivity index (χ0v) is 18.3. The van der Waals surface area contributed by atoms with Crippen LogP contribution in [0.4, 0.5) is 0 Å². The van der Waals surface area contributed by atoms with Crippen molar-refractivity contribution in [3.63, 3.8) is 0 Å². The summed E-state index contributed by atoms with van der Waals surface area (Å²) in [5.41, 5.74) is 3.79. The fraction of sp³-hybridized carbons (Fsp3) is 0.360. The highest BCUT2D eigenvalue weighted by Crippen LogP contribution is 2.46. The summed E-state index contributed by atoms with van der Waals surface area (Å²) in [7, 11) is 0. The first-order valence-electron chi connectivity index (χ1n) is 10.9. The van der Waals surface area contributed by atoms with Crippen LogP contribution in [0.1, 0.15) is 55.4 Å². The molecule has 3 aliphatic rings. The predicted molar refractivity (Wildman–Crippen MR) is 119 cm³/mol. The Bertz CT molecular complexity index is 1400. The Kier molecular flexibility index (Phi) is 3.85. The molecule has 0 radical (unpaired) electrons. The number of aromatic nitrogens is 2. The molecule has 5 heterocycles. The Labute approximate surface area is 184 Å². The van der Waals surface area contributed by atoms with E-state index >= 15 is 0 Å². The smallest absolute Gasteiger partial charge is 0.258 e. The lowest BCUT2D eigenvalue weighted by atomic mass is 9.84. The van der Waals surface area contributed by atoms with Gasteiger partial charge in [-0.15, -0.1) is 0 Å². The lowest BCUT2D eigenvalue weighted by Gasteiger charge is -2.35. The Morgan fingerprint density at radius 3 is 2.81 bits per heavy atom. The number of aliphatic hydroxyl groups is 1. The van der Waals surface area contributed by atoms with Gasteiger partial charge in [-0.05, 0) is 24.5 Å². The van der Waals surface area contributed by atoms with Crippen LogP contribution in [0.15, 0.2) is 35.3 Å². The first kappa shape index (κ1) is 19.4. The summed E-state index contributed by atoms with van der Waals surface area (Å²) in [5.74, 6) is 1.97. The van der Waals surface area contributed by atoms with Crippen LogP contribution in [0.5, 0.6) is 11.5 Å². The van der Waals surface area contributed by atoms with Crippen molar-refractivity contribution in [3.05, 3.63) is 63.1 Å². The molecule has 164 valence electrons. The average Bonchev–Trinajstić information content (AvgIpc) is 3.37. The fourth-order valence-corrected chi connectivity index (χ4v) is 5.20. The monoisotopic (exact) mass is 432 g/mol. The largest absolute Gasteiger partial charge is 0.490 e. The van der Waals surface area contributed by atoms with Crippen molar-refractivity contribution >= 4 is 10.9 Å². The second-order valence-electron chi connectivity index (χ2n) is 8.98. The molecule has 0 fully saturated rings. The van der Waals surface area contributed by atoms with E-state index in [9.17, 15) is 9.90 Å². The van der Waals surface area contributed by atoms with Gasteiger partial charge < -0.3 is 23.9 Å². The van der Waals surface area contributed by atoms with Crippen molar-refractivity contribution in [2.75, 3.05) is 6.79 Å². The summed E-state index contributed by atoms with van der Waals surface area (Å²) in [6, 6.07) is 5.90. The molecule has 0 spiro atoms. The summed E-state index contributed by atoms with van der Waals surface area (Å²) < 4.78 is 18.7. The second kappa shape index (κ2) is 6.36. The molecule has 7 nitrogen and oxygen atoms in total. The van der Waals surface area contributed by atoms with Crippen LogP contribution in [0.3, 0.4) is 0 Å². The molecule has 3 aliphatic heterocycles. The maximum Gasteiger partial charge on any atom is 0.258 e. The van der Waals surface area contributed by atoms with Crippen LogP contribution in [0.25, 0.3) is 22.3 Å². The Hall–Kier alpha value is -3.32. The van der Waals surface area contributed by atoms with Gasteiger partial charge in [0.15, 0.2) is 11.5 Å². The van der Waals surface area contributed by atoms with Crippen molar-refractivity contribution in [3.8, 4) is 22.9 Å². The topological polar surface area (TPSA) is 82.8 Å². The van der Waals surface area contributed by atoms with Gasteiger partial charge in [-0.2, -0.15) is 0 Å². The molecule has 6 rings (SSSR count). The van der Waals surface area contributed by atoms with Crippen LogP contribution in [0.2, 0.25) is 0 Å². The zero-order valence-electron chi connectivity index (χ0n) is 18.3. The number of benzene rings is 1. The highest BCUT2D eigenvalue weighted by molar-refractivity contribution is 5.91. The molecule has 0 saturated heterocycles. The average molecular weight is 432 g/mol. The minimum atomic E-state index is -1.39. The van der Waals surface area contributed by atoms with Crippen LogP contribution in [-0.4, -0.2) is 21.5 Å². The van der Waals surface area contributed by atoms with Gasteiger partial charge in [0.1, 0.15) is 18.0 Å². The Morgan fingerprint density at radius 1 is 1.25 bits per heavy atom. The number of hydrogen-bond acceptors (Lipinski definition) is 6. The van der Waals surface area contributed by atoms with Crippen LogP contribution < -0.4 is 15.0 Å². The molecular weight excluding hydrogens is 408 g/mol. The molecule has 1 aromatic carbocycles. The molecule has 3 aromatic rings. The fourth-order valence-electron chi connectivity index (χ4n) is 5.20. The number of fused-ring (bicyclic) bond motifs is 6. The molecule has 0 saturated carbocycles. The summed E-state index contributed by atoms with van der Waals surface area (Å²) in [6.07, 6.45) is 0.362. The van der Waals surface area contributed by atoms with Crippen LogP contribution in [-0.2, 0) is 23.5 Å². The van der Waals surface area contributed by atoms with E-state index in [4.69, 9.17) is 19.2 Å². The van der Waals surface area contributed by atoms with Crippen molar-refractivity contribution in [1.82, 2.24) is 9.55 Å².